The van der Waals surface area contributed by atoms with E-state index in [1.165, 1.54) is 6.07 Å². The maximum absolute atomic E-state index is 12.1. The molecule has 0 fully saturated rings. The van der Waals surface area contributed by atoms with E-state index in [1.54, 1.807) is 11.3 Å². The first kappa shape index (κ1) is 21.8. The Hall–Kier alpha value is -3.44. The van der Waals surface area contributed by atoms with Gasteiger partial charge >= 0.3 is 5.63 Å². The van der Waals surface area contributed by atoms with Crippen LogP contribution >= 0.6 is 11.3 Å². The topological polar surface area (TPSA) is 50.5 Å². The molecule has 162 valence electrons. The van der Waals surface area contributed by atoms with Crippen LogP contribution in [0.25, 0.3) is 31.1 Å². The lowest BCUT2D eigenvalue weighted by Gasteiger charge is -2.21. The van der Waals surface area contributed by atoms with Crippen LogP contribution in [0, 0.1) is 6.92 Å². The highest BCUT2D eigenvalue weighted by atomic mass is 32.1. The Labute approximate surface area is 190 Å². The minimum absolute atomic E-state index is 0.139. The lowest BCUT2D eigenvalue weighted by Crippen LogP contribution is -2.21. The van der Waals surface area contributed by atoms with Crippen molar-refractivity contribution in [3.8, 4) is 0 Å². The first-order chi connectivity index (χ1) is 15.5. The van der Waals surface area contributed by atoms with E-state index < -0.39 is 0 Å². The minimum atomic E-state index is -0.285. The van der Waals surface area contributed by atoms with Gasteiger partial charge in [-0.3, -0.25) is 4.79 Å². The van der Waals surface area contributed by atoms with Crippen molar-refractivity contribution in [3.63, 3.8) is 0 Å². The van der Waals surface area contributed by atoms with E-state index >= 15 is 0 Å². The zero-order valence-electron chi connectivity index (χ0n) is 18.4. The highest BCUT2D eigenvalue weighted by Gasteiger charge is 2.07. The van der Waals surface area contributed by atoms with Gasteiger partial charge in [0.05, 0.1) is 0 Å². The third-order valence-electron chi connectivity index (χ3n) is 5.55. The quantitative estimate of drug-likeness (QED) is 0.240. The Bertz CT molecular complexity index is 1460. The summed E-state index contributed by atoms with van der Waals surface area (Å²) in [5, 5.41) is 2.64. The van der Waals surface area contributed by atoms with E-state index in [9.17, 15) is 9.59 Å². The van der Waals surface area contributed by atoms with Crippen molar-refractivity contribution in [2.75, 3.05) is 18.0 Å². The van der Waals surface area contributed by atoms with E-state index in [2.05, 4.69) is 24.8 Å². The summed E-state index contributed by atoms with van der Waals surface area (Å²) in [7, 11) is 0. The minimum Gasteiger partial charge on any atom is -0.423 e. The maximum atomic E-state index is 12.1. The molecule has 0 unspecified atom stereocenters. The highest BCUT2D eigenvalue weighted by Crippen LogP contribution is 2.24. The van der Waals surface area contributed by atoms with Gasteiger partial charge in [0.15, 0.2) is 5.43 Å². The molecule has 4 nitrogen and oxygen atoms in total. The Morgan fingerprint density at radius 3 is 1.97 bits per heavy atom. The molecule has 0 bridgehead atoms. The van der Waals surface area contributed by atoms with Crippen LogP contribution in [0.5, 0.6) is 0 Å². The molecule has 0 radical (unpaired) electrons. The molecular weight excluding hydrogens is 418 g/mol. The second-order valence-electron chi connectivity index (χ2n) is 7.52. The Morgan fingerprint density at radius 2 is 1.38 bits per heavy atom. The monoisotopic (exact) mass is 443 g/mol. The summed E-state index contributed by atoms with van der Waals surface area (Å²) in [6, 6.07) is 23.1. The lowest BCUT2D eigenvalue weighted by molar-refractivity contribution is 0.560. The van der Waals surface area contributed by atoms with Crippen molar-refractivity contribution < 1.29 is 4.42 Å². The third kappa shape index (κ3) is 4.30. The van der Waals surface area contributed by atoms with E-state index in [0.717, 1.165) is 49.9 Å². The summed E-state index contributed by atoms with van der Waals surface area (Å²) < 4.78 is 7.35. The molecule has 5 rings (SSSR count). The van der Waals surface area contributed by atoms with E-state index in [4.69, 9.17) is 4.42 Å². The van der Waals surface area contributed by atoms with Gasteiger partial charge in [0.2, 0.25) is 0 Å². The predicted octanol–water partition coefficient (Wildman–Crippen LogP) is 6.36. The number of hydrogen-bond donors (Lipinski definition) is 0. The molecule has 32 heavy (non-hydrogen) atoms. The summed E-state index contributed by atoms with van der Waals surface area (Å²) in [6.07, 6.45) is 0. The second-order valence-corrected chi connectivity index (χ2v) is 8.61. The molecule has 0 N–H and O–H groups in total. The third-order valence-corrected chi connectivity index (χ3v) is 6.70. The van der Waals surface area contributed by atoms with Gasteiger partial charge in [0.1, 0.15) is 5.58 Å². The van der Waals surface area contributed by atoms with E-state index in [1.807, 2.05) is 67.6 Å². The van der Waals surface area contributed by atoms with Crippen LogP contribution in [0.2, 0.25) is 0 Å². The van der Waals surface area contributed by atoms with Gasteiger partial charge in [-0.1, -0.05) is 24.3 Å². The van der Waals surface area contributed by atoms with Crippen molar-refractivity contribution in [2.24, 2.45) is 0 Å². The molecule has 0 saturated heterocycles. The van der Waals surface area contributed by atoms with Gasteiger partial charge in [-0.2, -0.15) is 0 Å². The standard InChI is InChI=1S/C14H17NO2.C13H8OS/c1-4-15(5-2)11-6-7-12-10(3)8-14(16)17-13(12)9-11;14-13-9-5-1-3-7-11(9)15-12-8-4-2-6-10(12)13/h6-9H,4-5H2,1-3H3;1-8H. The fourth-order valence-electron chi connectivity index (χ4n) is 3.85. The van der Waals surface area contributed by atoms with Crippen molar-refractivity contribution >= 4 is 48.2 Å². The van der Waals surface area contributed by atoms with Gasteiger partial charge in [0.25, 0.3) is 0 Å². The number of aryl methyl sites for hydroxylation is 1. The zero-order chi connectivity index (χ0) is 22.7. The molecule has 0 amide bonds. The van der Waals surface area contributed by atoms with Gasteiger partial charge in [-0.25, -0.2) is 4.79 Å². The molecule has 5 heteroatoms. The van der Waals surface area contributed by atoms with Crippen LogP contribution in [-0.4, -0.2) is 13.1 Å². The average molecular weight is 444 g/mol. The average Bonchev–Trinajstić information content (AvgIpc) is 2.80. The van der Waals surface area contributed by atoms with Crippen LogP contribution in [0.15, 0.2) is 86.8 Å². The molecule has 2 heterocycles. The zero-order valence-corrected chi connectivity index (χ0v) is 19.2. The number of benzene rings is 3. The first-order valence-electron chi connectivity index (χ1n) is 10.7. The smallest absolute Gasteiger partial charge is 0.336 e. The molecule has 0 aliphatic rings. The van der Waals surface area contributed by atoms with Crippen LogP contribution < -0.4 is 16.0 Å². The van der Waals surface area contributed by atoms with Gasteiger partial charge < -0.3 is 9.32 Å². The highest BCUT2D eigenvalue weighted by molar-refractivity contribution is 7.24. The normalized spacial score (nSPS) is 10.8. The molecule has 0 aliphatic carbocycles. The molecule has 0 aliphatic heterocycles. The van der Waals surface area contributed by atoms with Gasteiger partial charge in [-0.05, 0) is 62.7 Å². The van der Waals surface area contributed by atoms with E-state index in [-0.39, 0.29) is 11.1 Å². The number of nitrogens with zero attached hydrogens (tertiary/aromatic N) is 1. The Morgan fingerprint density at radius 1 is 0.781 bits per heavy atom. The number of fused-ring (bicyclic) bond motifs is 3. The molecule has 0 atom stereocenters. The number of rotatable bonds is 3. The fraction of sp³-hybridized carbons (Fsp3) is 0.185. The summed E-state index contributed by atoms with van der Waals surface area (Å²) in [4.78, 5) is 25.7. The Balaban J connectivity index is 0.000000154. The molecule has 5 aromatic rings. The predicted molar refractivity (Wildman–Crippen MR) is 136 cm³/mol. The Kier molecular flexibility index (Phi) is 6.37. The summed E-state index contributed by atoms with van der Waals surface area (Å²) >= 11 is 1.67. The number of anilines is 1. The van der Waals surface area contributed by atoms with Crippen LogP contribution in [0.3, 0.4) is 0 Å². The van der Waals surface area contributed by atoms with Crippen molar-refractivity contribution in [3.05, 3.63) is 99.0 Å². The van der Waals surface area contributed by atoms with Crippen molar-refractivity contribution in [1.82, 2.24) is 0 Å². The molecule has 0 spiro atoms. The fourth-order valence-corrected chi connectivity index (χ4v) is 4.92. The van der Waals surface area contributed by atoms with Crippen LogP contribution in [0.4, 0.5) is 5.69 Å². The number of hydrogen-bond acceptors (Lipinski definition) is 5. The maximum Gasteiger partial charge on any atom is 0.336 e. The van der Waals surface area contributed by atoms with Crippen molar-refractivity contribution in [1.29, 1.82) is 0 Å². The summed E-state index contributed by atoms with van der Waals surface area (Å²) in [5.74, 6) is 0. The second kappa shape index (κ2) is 9.37. The summed E-state index contributed by atoms with van der Waals surface area (Å²) in [5.41, 5.74) is 2.57. The molecule has 2 aromatic heterocycles. The largest absolute Gasteiger partial charge is 0.423 e. The van der Waals surface area contributed by atoms with Crippen LogP contribution in [0.1, 0.15) is 19.4 Å². The first-order valence-corrected chi connectivity index (χ1v) is 11.5. The van der Waals surface area contributed by atoms with Gasteiger partial charge in [0, 0.05) is 56.5 Å². The molecular formula is C27H25NO3S. The van der Waals surface area contributed by atoms with E-state index in [0.29, 0.717) is 5.58 Å². The van der Waals surface area contributed by atoms with Crippen molar-refractivity contribution in [2.45, 2.75) is 20.8 Å². The van der Waals surface area contributed by atoms with Gasteiger partial charge in [-0.15, -0.1) is 11.3 Å². The molecule has 3 aromatic carbocycles. The van der Waals surface area contributed by atoms with Crippen LogP contribution in [-0.2, 0) is 0 Å². The molecule has 0 saturated carbocycles. The SMILES string of the molecule is CCN(CC)c1ccc2c(C)cc(=O)oc2c1.O=c1c2ccccc2sc2ccccc12. The summed E-state index contributed by atoms with van der Waals surface area (Å²) in [6.45, 7) is 8.03. The lowest BCUT2D eigenvalue weighted by atomic mass is 10.1.